The number of halogens is 1. The third-order valence-corrected chi connectivity index (χ3v) is 5.96. The summed E-state index contributed by atoms with van der Waals surface area (Å²) >= 11 is 5.81. The monoisotopic (exact) mass is 419 g/mol. The summed E-state index contributed by atoms with van der Waals surface area (Å²) in [5.74, 6) is -1.70. The van der Waals surface area contributed by atoms with Gasteiger partial charge in [0.25, 0.3) is 0 Å². The Hall–Kier alpha value is -1.72. The minimum Gasteiger partial charge on any atom is -0.383 e. The number of hydrogen-bond acceptors (Lipinski definition) is 6. The molecule has 150 valence electrons. The highest BCUT2D eigenvalue weighted by Crippen LogP contribution is 2.23. The Morgan fingerprint density at radius 1 is 1.26 bits per heavy atom. The van der Waals surface area contributed by atoms with Gasteiger partial charge in [-0.1, -0.05) is 11.6 Å². The first-order chi connectivity index (χ1) is 12.9. The Morgan fingerprint density at radius 2 is 1.93 bits per heavy atom. The van der Waals surface area contributed by atoms with E-state index in [1.54, 1.807) is 0 Å². The number of benzene rings is 1. The van der Waals surface area contributed by atoms with E-state index in [1.807, 2.05) is 0 Å². The van der Waals surface area contributed by atoms with Crippen molar-refractivity contribution in [2.24, 2.45) is 0 Å². The second-order valence-electron chi connectivity index (χ2n) is 5.71. The molecule has 0 saturated carbocycles. The number of rotatable bonds is 7. The summed E-state index contributed by atoms with van der Waals surface area (Å²) in [5, 5.41) is 5.20. The molecule has 27 heavy (non-hydrogen) atoms. The van der Waals surface area contributed by atoms with Crippen molar-refractivity contribution in [1.82, 2.24) is 14.9 Å². The highest BCUT2D eigenvalue weighted by Gasteiger charge is 2.34. The Balaban J connectivity index is 2.01. The summed E-state index contributed by atoms with van der Waals surface area (Å²) in [7, 11) is -2.36. The molecule has 0 bridgehead atoms. The third-order valence-electron chi connectivity index (χ3n) is 3.81. The molecule has 0 spiro atoms. The average Bonchev–Trinajstić information content (AvgIpc) is 2.66. The van der Waals surface area contributed by atoms with E-state index in [4.69, 9.17) is 21.1 Å². The summed E-state index contributed by atoms with van der Waals surface area (Å²) in [6.45, 7) is 0.916. The largest absolute Gasteiger partial charge is 0.383 e. The highest BCUT2D eigenvalue weighted by molar-refractivity contribution is 7.89. The van der Waals surface area contributed by atoms with E-state index in [2.05, 4.69) is 10.6 Å². The van der Waals surface area contributed by atoms with Crippen LogP contribution in [0.25, 0.3) is 0 Å². The molecule has 2 amide bonds. The lowest BCUT2D eigenvalue weighted by molar-refractivity contribution is -0.140. The summed E-state index contributed by atoms with van der Waals surface area (Å²) in [5.41, 5.74) is 0. The van der Waals surface area contributed by atoms with Crippen LogP contribution in [-0.4, -0.2) is 70.7 Å². The fraction of sp³-hybridized carbons (Fsp3) is 0.500. The molecular weight excluding hydrogens is 398 g/mol. The molecule has 1 saturated heterocycles. The van der Waals surface area contributed by atoms with Crippen LogP contribution in [0.5, 0.6) is 0 Å². The molecule has 1 heterocycles. The zero-order chi connectivity index (χ0) is 19.9. The van der Waals surface area contributed by atoms with Crippen LogP contribution in [0.3, 0.4) is 0 Å². The number of carbonyl (C=O) groups excluding carboxylic acids is 2. The molecule has 2 N–H and O–H groups in total. The molecule has 11 heteroatoms. The maximum absolute atomic E-state index is 12.9. The molecule has 1 atom stereocenters. The van der Waals surface area contributed by atoms with E-state index in [-0.39, 0.29) is 31.1 Å². The fourth-order valence-corrected chi connectivity index (χ4v) is 4.14. The predicted molar refractivity (Wildman–Crippen MR) is 97.6 cm³/mol. The van der Waals surface area contributed by atoms with E-state index in [0.29, 0.717) is 18.1 Å². The quantitative estimate of drug-likeness (QED) is 0.473. The Kier molecular flexibility index (Phi) is 7.99. The van der Waals surface area contributed by atoms with E-state index in [9.17, 15) is 18.0 Å². The van der Waals surface area contributed by atoms with Crippen LogP contribution < -0.4 is 10.6 Å². The van der Waals surface area contributed by atoms with Gasteiger partial charge in [0.2, 0.25) is 10.0 Å². The van der Waals surface area contributed by atoms with Crippen molar-refractivity contribution in [2.75, 3.05) is 40.0 Å². The van der Waals surface area contributed by atoms with Crippen LogP contribution in [-0.2, 0) is 29.1 Å². The molecular formula is C16H22ClN3O6S. The van der Waals surface area contributed by atoms with Crippen LogP contribution in [0, 0.1) is 0 Å². The Bertz CT molecular complexity index is 756. The van der Waals surface area contributed by atoms with Crippen molar-refractivity contribution in [2.45, 2.75) is 17.5 Å². The molecule has 1 aliphatic heterocycles. The summed E-state index contributed by atoms with van der Waals surface area (Å²) < 4.78 is 37.2. The molecule has 1 fully saturated rings. The topological polar surface area (TPSA) is 114 Å². The van der Waals surface area contributed by atoms with Crippen LogP contribution in [0.4, 0.5) is 0 Å². The van der Waals surface area contributed by atoms with E-state index >= 15 is 0 Å². The molecule has 0 radical (unpaired) electrons. The summed E-state index contributed by atoms with van der Waals surface area (Å²) in [4.78, 5) is 23.6. The number of hydrogen-bond donors (Lipinski definition) is 2. The number of nitrogens with one attached hydrogen (secondary N) is 2. The fourth-order valence-electron chi connectivity index (χ4n) is 2.45. The molecule has 9 nitrogen and oxygen atoms in total. The SMILES string of the molecule is COCCNC(=O)C(=O)NC[C@@H]1OCCCN1S(=O)(=O)c1ccc(Cl)cc1. The van der Waals surface area contributed by atoms with Gasteiger partial charge in [-0.2, -0.15) is 4.31 Å². The first kappa shape index (κ1) is 21.6. The van der Waals surface area contributed by atoms with Gasteiger partial charge in [0.15, 0.2) is 0 Å². The molecule has 1 aromatic carbocycles. The van der Waals surface area contributed by atoms with Crippen molar-refractivity contribution in [3.63, 3.8) is 0 Å². The van der Waals surface area contributed by atoms with Gasteiger partial charge in [0, 0.05) is 25.2 Å². The maximum atomic E-state index is 12.9. The second kappa shape index (κ2) is 10.00. The van der Waals surface area contributed by atoms with Crippen molar-refractivity contribution in [3.05, 3.63) is 29.3 Å². The molecule has 0 aromatic heterocycles. The van der Waals surface area contributed by atoms with Crippen LogP contribution in [0.2, 0.25) is 5.02 Å². The highest BCUT2D eigenvalue weighted by atomic mass is 35.5. The first-order valence-corrected chi connectivity index (χ1v) is 10.1. The van der Waals surface area contributed by atoms with Gasteiger partial charge in [-0.05, 0) is 30.7 Å². The summed E-state index contributed by atoms with van der Waals surface area (Å²) in [6, 6.07) is 5.79. The smallest absolute Gasteiger partial charge is 0.309 e. The molecule has 0 unspecified atom stereocenters. The third kappa shape index (κ3) is 5.88. The minimum atomic E-state index is -3.83. The molecule has 1 aromatic rings. The van der Waals surface area contributed by atoms with Gasteiger partial charge >= 0.3 is 11.8 Å². The summed E-state index contributed by atoms with van der Waals surface area (Å²) in [6.07, 6.45) is -0.385. The minimum absolute atomic E-state index is 0.0750. The number of amides is 2. The lowest BCUT2D eigenvalue weighted by atomic mass is 10.3. The van der Waals surface area contributed by atoms with Gasteiger partial charge in [-0.15, -0.1) is 0 Å². The molecule has 2 rings (SSSR count). The first-order valence-electron chi connectivity index (χ1n) is 8.30. The van der Waals surface area contributed by atoms with Crippen molar-refractivity contribution in [1.29, 1.82) is 0 Å². The van der Waals surface area contributed by atoms with E-state index in [1.165, 1.54) is 35.7 Å². The number of ether oxygens (including phenoxy) is 2. The zero-order valence-corrected chi connectivity index (χ0v) is 16.4. The van der Waals surface area contributed by atoms with E-state index < -0.39 is 28.1 Å². The van der Waals surface area contributed by atoms with Gasteiger partial charge in [0.1, 0.15) is 6.23 Å². The van der Waals surface area contributed by atoms with Gasteiger partial charge in [-0.3, -0.25) is 9.59 Å². The molecule has 1 aliphatic rings. The lowest BCUT2D eigenvalue weighted by Crippen LogP contribution is -2.53. The van der Waals surface area contributed by atoms with Crippen molar-refractivity contribution >= 4 is 33.4 Å². The number of methoxy groups -OCH3 is 1. The number of carbonyl (C=O) groups is 2. The van der Waals surface area contributed by atoms with Crippen LogP contribution in [0.1, 0.15) is 6.42 Å². The van der Waals surface area contributed by atoms with Crippen LogP contribution in [0.15, 0.2) is 29.2 Å². The van der Waals surface area contributed by atoms with Crippen molar-refractivity contribution in [3.8, 4) is 0 Å². The second-order valence-corrected chi connectivity index (χ2v) is 8.03. The van der Waals surface area contributed by atoms with Gasteiger partial charge in [-0.25, -0.2) is 8.42 Å². The maximum Gasteiger partial charge on any atom is 0.309 e. The standard InChI is InChI=1S/C16H22ClN3O6S/c1-25-10-7-18-15(21)16(22)19-11-14-20(8-2-9-26-14)27(23,24)13-5-3-12(17)4-6-13/h3-6,14H,2,7-11H2,1H3,(H,18,21)(H,19,22)/t14-/m0/s1. The van der Waals surface area contributed by atoms with Crippen molar-refractivity contribution < 1.29 is 27.5 Å². The number of nitrogens with zero attached hydrogens (tertiary/aromatic N) is 1. The predicted octanol–water partition coefficient (Wildman–Crippen LogP) is -0.0441. The Morgan fingerprint density at radius 3 is 2.59 bits per heavy atom. The molecule has 0 aliphatic carbocycles. The lowest BCUT2D eigenvalue weighted by Gasteiger charge is -2.34. The van der Waals surface area contributed by atoms with E-state index in [0.717, 1.165) is 0 Å². The average molecular weight is 420 g/mol. The van der Waals surface area contributed by atoms with Gasteiger partial charge < -0.3 is 20.1 Å². The number of sulfonamides is 1. The van der Waals surface area contributed by atoms with Gasteiger partial charge in [0.05, 0.1) is 24.7 Å². The Labute approximate surface area is 163 Å². The normalized spacial score (nSPS) is 18.1. The zero-order valence-electron chi connectivity index (χ0n) is 14.8. The van der Waals surface area contributed by atoms with Crippen LogP contribution >= 0.6 is 11.6 Å².